The van der Waals surface area contributed by atoms with Gasteiger partial charge >= 0.3 is 0 Å². The Balaban J connectivity index is 2.23. The van der Waals surface area contributed by atoms with Crippen molar-refractivity contribution in [2.45, 2.75) is 18.3 Å². The predicted octanol–water partition coefficient (Wildman–Crippen LogP) is 2.72. The summed E-state index contributed by atoms with van der Waals surface area (Å²) in [4.78, 5) is 4.93. The SMILES string of the molecule is CC1CN(C)CCN1c1ccccc1CBr. The highest BCUT2D eigenvalue weighted by Gasteiger charge is 2.22. The molecule has 0 aromatic heterocycles. The standard InChI is InChI=1S/C13H19BrN2/c1-11-10-15(2)7-8-16(11)13-6-4-3-5-12(13)9-14/h3-6,11H,7-10H2,1-2H3. The molecule has 16 heavy (non-hydrogen) atoms. The summed E-state index contributed by atoms with van der Waals surface area (Å²) in [6, 6.07) is 9.28. The van der Waals surface area contributed by atoms with Crippen molar-refractivity contribution in [3.8, 4) is 0 Å². The molecule has 1 aromatic carbocycles. The lowest BCUT2D eigenvalue weighted by molar-refractivity contribution is 0.275. The summed E-state index contributed by atoms with van der Waals surface area (Å²) in [5.41, 5.74) is 2.78. The topological polar surface area (TPSA) is 6.48 Å². The van der Waals surface area contributed by atoms with E-state index >= 15 is 0 Å². The van der Waals surface area contributed by atoms with E-state index < -0.39 is 0 Å². The third-order valence-corrected chi connectivity index (χ3v) is 3.88. The Morgan fingerprint density at radius 1 is 1.31 bits per heavy atom. The maximum atomic E-state index is 3.57. The van der Waals surface area contributed by atoms with E-state index in [0.29, 0.717) is 6.04 Å². The lowest BCUT2D eigenvalue weighted by Crippen LogP contribution is -2.50. The average molecular weight is 283 g/mol. The van der Waals surface area contributed by atoms with Crippen LogP contribution < -0.4 is 4.90 Å². The minimum atomic E-state index is 0.596. The Labute approximate surface area is 106 Å². The van der Waals surface area contributed by atoms with E-state index in [2.05, 4.69) is 64.0 Å². The van der Waals surface area contributed by atoms with Crippen molar-refractivity contribution < 1.29 is 0 Å². The second kappa shape index (κ2) is 5.19. The van der Waals surface area contributed by atoms with Crippen LogP contribution in [0.1, 0.15) is 12.5 Å². The van der Waals surface area contributed by atoms with Crippen LogP contribution in [0.4, 0.5) is 5.69 Å². The van der Waals surface area contributed by atoms with Gasteiger partial charge in [0.15, 0.2) is 0 Å². The molecule has 1 fully saturated rings. The molecule has 1 unspecified atom stereocenters. The summed E-state index contributed by atoms with van der Waals surface area (Å²) < 4.78 is 0. The molecule has 1 aliphatic heterocycles. The van der Waals surface area contributed by atoms with E-state index in [1.165, 1.54) is 11.3 Å². The van der Waals surface area contributed by atoms with Crippen molar-refractivity contribution in [3.05, 3.63) is 29.8 Å². The van der Waals surface area contributed by atoms with Crippen LogP contribution in [0.3, 0.4) is 0 Å². The van der Waals surface area contributed by atoms with E-state index in [-0.39, 0.29) is 0 Å². The van der Waals surface area contributed by atoms with Gasteiger partial charge in [0.05, 0.1) is 0 Å². The fraction of sp³-hybridized carbons (Fsp3) is 0.538. The Morgan fingerprint density at radius 3 is 2.75 bits per heavy atom. The summed E-state index contributed by atoms with van der Waals surface area (Å²) in [7, 11) is 2.20. The third-order valence-electron chi connectivity index (χ3n) is 3.28. The number of nitrogens with zero attached hydrogens (tertiary/aromatic N) is 2. The Kier molecular flexibility index (Phi) is 3.87. The van der Waals surface area contributed by atoms with Crippen LogP contribution in [0, 0.1) is 0 Å². The van der Waals surface area contributed by atoms with Crippen LogP contribution in [-0.2, 0) is 5.33 Å². The number of anilines is 1. The molecule has 1 atom stereocenters. The zero-order valence-electron chi connectivity index (χ0n) is 9.99. The number of hydrogen-bond acceptors (Lipinski definition) is 2. The number of halogens is 1. The van der Waals surface area contributed by atoms with Gasteiger partial charge in [-0.1, -0.05) is 34.1 Å². The first-order valence-corrected chi connectivity index (χ1v) is 6.93. The van der Waals surface area contributed by atoms with Gasteiger partial charge in [-0.25, -0.2) is 0 Å². The molecule has 1 heterocycles. The number of para-hydroxylation sites is 1. The summed E-state index contributed by atoms with van der Waals surface area (Å²) >= 11 is 3.57. The number of likely N-dealkylation sites (N-methyl/N-ethyl adjacent to an activating group) is 1. The van der Waals surface area contributed by atoms with Gasteiger partial charge in [0, 0.05) is 36.7 Å². The largest absolute Gasteiger partial charge is 0.366 e. The smallest absolute Gasteiger partial charge is 0.0410 e. The molecular weight excluding hydrogens is 264 g/mol. The van der Waals surface area contributed by atoms with Crippen molar-refractivity contribution in [1.82, 2.24) is 4.90 Å². The number of benzene rings is 1. The quantitative estimate of drug-likeness (QED) is 0.770. The zero-order valence-corrected chi connectivity index (χ0v) is 11.6. The van der Waals surface area contributed by atoms with E-state index in [9.17, 15) is 0 Å². The molecule has 88 valence electrons. The van der Waals surface area contributed by atoms with Crippen LogP contribution in [0.2, 0.25) is 0 Å². The van der Waals surface area contributed by atoms with Crippen molar-refractivity contribution >= 4 is 21.6 Å². The number of hydrogen-bond donors (Lipinski definition) is 0. The number of rotatable bonds is 2. The summed E-state index contributed by atoms with van der Waals surface area (Å²) in [5.74, 6) is 0. The molecule has 3 heteroatoms. The molecule has 0 N–H and O–H groups in total. The highest BCUT2D eigenvalue weighted by atomic mass is 79.9. The van der Waals surface area contributed by atoms with Crippen LogP contribution in [0.5, 0.6) is 0 Å². The van der Waals surface area contributed by atoms with E-state index in [0.717, 1.165) is 25.0 Å². The molecule has 0 aliphatic carbocycles. The maximum Gasteiger partial charge on any atom is 0.0410 e. The molecule has 0 radical (unpaired) electrons. The molecule has 1 aromatic rings. The zero-order chi connectivity index (χ0) is 11.5. The minimum Gasteiger partial charge on any atom is -0.366 e. The van der Waals surface area contributed by atoms with Crippen LogP contribution in [0.15, 0.2) is 24.3 Å². The molecular formula is C13H19BrN2. The maximum absolute atomic E-state index is 3.57. The van der Waals surface area contributed by atoms with Gasteiger partial charge in [-0.15, -0.1) is 0 Å². The second-order valence-corrected chi connectivity index (χ2v) is 5.13. The first-order valence-electron chi connectivity index (χ1n) is 5.81. The monoisotopic (exact) mass is 282 g/mol. The average Bonchev–Trinajstić information content (AvgIpc) is 2.29. The van der Waals surface area contributed by atoms with Gasteiger partial charge in [-0.2, -0.15) is 0 Å². The summed E-state index contributed by atoms with van der Waals surface area (Å²) in [6.07, 6.45) is 0. The summed E-state index contributed by atoms with van der Waals surface area (Å²) in [5, 5.41) is 0.933. The lowest BCUT2D eigenvalue weighted by Gasteiger charge is -2.40. The molecule has 1 saturated heterocycles. The molecule has 2 nitrogen and oxygen atoms in total. The minimum absolute atomic E-state index is 0.596. The Morgan fingerprint density at radius 2 is 2.06 bits per heavy atom. The van der Waals surface area contributed by atoms with Gasteiger partial charge in [-0.05, 0) is 25.6 Å². The molecule has 0 spiro atoms. The lowest BCUT2D eigenvalue weighted by atomic mass is 10.1. The van der Waals surface area contributed by atoms with E-state index in [1.54, 1.807) is 0 Å². The van der Waals surface area contributed by atoms with Gasteiger partial charge in [0.25, 0.3) is 0 Å². The highest BCUT2D eigenvalue weighted by molar-refractivity contribution is 9.08. The van der Waals surface area contributed by atoms with Crippen LogP contribution >= 0.6 is 15.9 Å². The Hall–Kier alpha value is -0.540. The van der Waals surface area contributed by atoms with Crippen LogP contribution in [-0.4, -0.2) is 37.6 Å². The van der Waals surface area contributed by atoms with E-state index in [4.69, 9.17) is 0 Å². The normalized spacial score (nSPS) is 22.4. The molecule has 0 saturated carbocycles. The number of alkyl halides is 1. The molecule has 0 bridgehead atoms. The fourth-order valence-electron chi connectivity index (χ4n) is 2.40. The Bertz CT molecular complexity index is 354. The highest BCUT2D eigenvalue weighted by Crippen LogP contribution is 2.26. The summed E-state index contributed by atoms with van der Waals surface area (Å²) in [6.45, 7) is 5.74. The molecule has 0 amide bonds. The first-order chi connectivity index (χ1) is 7.72. The van der Waals surface area contributed by atoms with Gasteiger partial charge in [0.1, 0.15) is 0 Å². The van der Waals surface area contributed by atoms with Crippen LogP contribution in [0.25, 0.3) is 0 Å². The van der Waals surface area contributed by atoms with Crippen molar-refractivity contribution in [2.24, 2.45) is 0 Å². The van der Waals surface area contributed by atoms with Crippen molar-refractivity contribution in [1.29, 1.82) is 0 Å². The molecule has 2 rings (SSSR count). The first kappa shape index (κ1) is 11.9. The second-order valence-electron chi connectivity index (χ2n) is 4.57. The van der Waals surface area contributed by atoms with Crippen molar-refractivity contribution in [3.63, 3.8) is 0 Å². The number of piperazine rings is 1. The third kappa shape index (κ3) is 2.41. The van der Waals surface area contributed by atoms with Gasteiger partial charge < -0.3 is 9.80 Å². The van der Waals surface area contributed by atoms with Crippen molar-refractivity contribution in [2.75, 3.05) is 31.6 Å². The van der Waals surface area contributed by atoms with Gasteiger partial charge in [0.2, 0.25) is 0 Å². The van der Waals surface area contributed by atoms with Gasteiger partial charge in [-0.3, -0.25) is 0 Å². The predicted molar refractivity (Wildman–Crippen MR) is 73.4 cm³/mol. The van der Waals surface area contributed by atoms with E-state index in [1.807, 2.05) is 0 Å². The molecule has 1 aliphatic rings. The fourth-order valence-corrected chi connectivity index (χ4v) is 2.88.